The van der Waals surface area contributed by atoms with Crippen molar-refractivity contribution in [2.75, 3.05) is 13.7 Å². The third-order valence-electron chi connectivity index (χ3n) is 9.95. The molecule has 1 aliphatic rings. The second kappa shape index (κ2) is 19.4. The van der Waals surface area contributed by atoms with Gasteiger partial charge in [0.1, 0.15) is 30.2 Å². The fourth-order valence-corrected chi connectivity index (χ4v) is 7.17. The minimum atomic E-state index is -2.01. The smallest absolute Gasteiger partial charge is 0.222 e. The largest absolute Gasteiger partial charge is 0.497 e. The first kappa shape index (κ1) is 39.4. The zero-order valence-corrected chi connectivity index (χ0v) is 32.2. The van der Waals surface area contributed by atoms with E-state index in [9.17, 15) is 5.11 Å². The highest BCUT2D eigenvalue weighted by atomic mass is 35.5. The lowest BCUT2D eigenvalue weighted by Gasteiger charge is -2.50. The van der Waals surface area contributed by atoms with Gasteiger partial charge >= 0.3 is 0 Å². The van der Waals surface area contributed by atoms with Crippen LogP contribution in [0.25, 0.3) is 0 Å². The van der Waals surface area contributed by atoms with Crippen LogP contribution in [0.1, 0.15) is 38.9 Å². The summed E-state index contributed by atoms with van der Waals surface area (Å²) in [5, 5.41) is 13.8. The Kier molecular flexibility index (Phi) is 13.6. The minimum Gasteiger partial charge on any atom is -0.497 e. The first-order valence-corrected chi connectivity index (χ1v) is 19.3. The molecule has 5 atom stereocenters. The molecule has 7 nitrogen and oxygen atoms in total. The van der Waals surface area contributed by atoms with Crippen molar-refractivity contribution in [1.82, 2.24) is 0 Å². The maximum Gasteiger partial charge on any atom is 0.222 e. The highest BCUT2D eigenvalue weighted by Crippen LogP contribution is 2.43. The molecule has 8 heteroatoms. The van der Waals surface area contributed by atoms with Gasteiger partial charge in [0.05, 0.1) is 40.1 Å². The molecule has 5 unspecified atom stereocenters. The van der Waals surface area contributed by atoms with Gasteiger partial charge in [-0.25, -0.2) is 0 Å². The highest BCUT2D eigenvalue weighted by Gasteiger charge is 2.57. The van der Waals surface area contributed by atoms with Crippen molar-refractivity contribution in [3.05, 3.63) is 208 Å². The standard InChI is InChI=1S/C48H47ClO7/c1-51-42-25-22-35(23-26-42)28-40-29-41(24-27-43(40)49)48(50)47(55-33-39-20-12-5-13-21-39)46(54-32-38-18-10-4-11-19-38)45(53-31-37-16-8-3-9-17-37)44(56-48)34-52-30-36-14-6-2-7-15-36/h2-27,29,44-47,50H,28,30-34H2,1H3. The van der Waals surface area contributed by atoms with E-state index >= 15 is 0 Å². The van der Waals surface area contributed by atoms with E-state index in [0.717, 1.165) is 39.1 Å². The fourth-order valence-electron chi connectivity index (χ4n) is 6.98. The van der Waals surface area contributed by atoms with E-state index in [0.29, 0.717) is 23.6 Å². The molecule has 1 heterocycles. The molecule has 6 aromatic rings. The Balaban J connectivity index is 1.29. The van der Waals surface area contributed by atoms with Crippen LogP contribution in [0, 0.1) is 0 Å². The number of aliphatic hydroxyl groups is 1. The van der Waals surface area contributed by atoms with Crippen LogP contribution in [0.2, 0.25) is 5.02 Å². The molecule has 0 saturated carbocycles. The number of rotatable bonds is 17. The molecule has 1 aliphatic heterocycles. The topological polar surface area (TPSA) is 75.6 Å². The van der Waals surface area contributed by atoms with Crippen LogP contribution in [-0.4, -0.2) is 43.2 Å². The number of hydrogen-bond acceptors (Lipinski definition) is 7. The Morgan fingerprint density at radius 3 is 1.61 bits per heavy atom. The summed E-state index contributed by atoms with van der Waals surface area (Å²) in [6.07, 6.45) is -2.82. The van der Waals surface area contributed by atoms with Crippen LogP contribution in [0.4, 0.5) is 0 Å². The lowest BCUT2D eigenvalue weighted by Crippen LogP contribution is -2.65. The van der Waals surface area contributed by atoms with Gasteiger partial charge in [-0.1, -0.05) is 151 Å². The molecule has 0 aromatic heterocycles. The van der Waals surface area contributed by atoms with Crippen molar-refractivity contribution in [3.63, 3.8) is 0 Å². The maximum atomic E-state index is 13.2. The van der Waals surface area contributed by atoms with Gasteiger partial charge in [0.2, 0.25) is 5.79 Å². The fraction of sp³-hybridized carbons (Fsp3) is 0.250. The van der Waals surface area contributed by atoms with Crippen molar-refractivity contribution in [1.29, 1.82) is 0 Å². The van der Waals surface area contributed by atoms with Crippen LogP contribution in [-0.2, 0) is 62.3 Å². The second-order valence-corrected chi connectivity index (χ2v) is 14.3. The summed E-state index contributed by atoms with van der Waals surface area (Å²) < 4.78 is 39.1. The highest BCUT2D eigenvalue weighted by molar-refractivity contribution is 6.31. The molecule has 1 N–H and O–H groups in total. The van der Waals surface area contributed by atoms with Crippen LogP contribution in [0.3, 0.4) is 0 Å². The normalized spacial score (nSPS) is 20.8. The minimum absolute atomic E-state index is 0.111. The lowest BCUT2D eigenvalue weighted by molar-refractivity contribution is -0.378. The third-order valence-corrected chi connectivity index (χ3v) is 10.3. The summed E-state index contributed by atoms with van der Waals surface area (Å²) in [4.78, 5) is 0. The zero-order chi connectivity index (χ0) is 38.6. The van der Waals surface area contributed by atoms with E-state index < -0.39 is 30.2 Å². The first-order valence-electron chi connectivity index (χ1n) is 18.9. The molecule has 0 radical (unpaired) electrons. The second-order valence-electron chi connectivity index (χ2n) is 13.9. The van der Waals surface area contributed by atoms with Crippen molar-refractivity contribution in [3.8, 4) is 5.75 Å². The summed E-state index contributed by atoms with van der Waals surface area (Å²) in [7, 11) is 1.64. The van der Waals surface area contributed by atoms with Crippen LogP contribution in [0.5, 0.6) is 5.75 Å². The zero-order valence-electron chi connectivity index (χ0n) is 31.4. The van der Waals surface area contributed by atoms with Crippen LogP contribution in [0.15, 0.2) is 164 Å². The average Bonchev–Trinajstić information content (AvgIpc) is 3.24. The van der Waals surface area contributed by atoms with Crippen molar-refractivity contribution < 1.29 is 33.5 Å². The average molecular weight is 771 g/mol. The molecule has 0 bridgehead atoms. The Hall–Kier alpha value is -4.83. The predicted molar refractivity (Wildman–Crippen MR) is 217 cm³/mol. The number of methoxy groups -OCH3 is 1. The Morgan fingerprint density at radius 2 is 1.07 bits per heavy atom. The van der Waals surface area contributed by atoms with E-state index in [1.54, 1.807) is 19.2 Å². The molecule has 0 amide bonds. The van der Waals surface area contributed by atoms with E-state index in [4.69, 9.17) is 40.0 Å². The van der Waals surface area contributed by atoms with Crippen molar-refractivity contribution in [2.24, 2.45) is 0 Å². The number of hydrogen-bond donors (Lipinski definition) is 1. The van der Waals surface area contributed by atoms with Gasteiger partial charge in [0.25, 0.3) is 0 Å². The number of halogens is 1. The Bertz CT molecular complexity index is 2070. The molecule has 0 spiro atoms. The monoisotopic (exact) mass is 770 g/mol. The van der Waals surface area contributed by atoms with Crippen molar-refractivity contribution >= 4 is 11.6 Å². The van der Waals surface area contributed by atoms with Gasteiger partial charge in [-0.15, -0.1) is 0 Å². The van der Waals surface area contributed by atoms with Gasteiger partial charge in [-0.3, -0.25) is 0 Å². The van der Waals surface area contributed by atoms with E-state index in [-0.39, 0.29) is 26.4 Å². The molecule has 1 fully saturated rings. The van der Waals surface area contributed by atoms with E-state index in [2.05, 4.69) is 0 Å². The summed E-state index contributed by atoms with van der Waals surface area (Å²) in [5.41, 5.74) is 6.23. The maximum absolute atomic E-state index is 13.2. The van der Waals surface area contributed by atoms with Gasteiger partial charge in [-0.2, -0.15) is 0 Å². The van der Waals surface area contributed by atoms with Gasteiger partial charge in [0, 0.05) is 10.6 Å². The molecule has 6 aromatic carbocycles. The van der Waals surface area contributed by atoms with E-state index in [1.807, 2.05) is 152 Å². The summed E-state index contributed by atoms with van der Waals surface area (Å²) in [6.45, 7) is 1.18. The summed E-state index contributed by atoms with van der Waals surface area (Å²) >= 11 is 6.85. The van der Waals surface area contributed by atoms with Crippen molar-refractivity contribution in [2.45, 2.75) is 63.1 Å². The first-order chi connectivity index (χ1) is 27.5. The summed E-state index contributed by atoms with van der Waals surface area (Å²) in [6, 6.07) is 53.0. The molecule has 0 aliphatic carbocycles. The number of benzene rings is 6. The molecule has 288 valence electrons. The number of ether oxygens (including phenoxy) is 6. The van der Waals surface area contributed by atoms with Gasteiger partial charge in [0.15, 0.2) is 0 Å². The Morgan fingerprint density at radius 1 is 0.571 bits per heavy atom. The van der Waals surface area contributed by atoms with Crippen LogP contribution >= 0.6 is 11.6 Å². The SMILES string of the molecule is COc1ccc(Cc2cc(C3(O)OC(COCc4ccccc4)C(OCc4ccccc4)C(OCc4ccccc4)C3OCc3ccccc3)ccc2Cl)cc1. The molecule has 7 rings (SSSR count). The van der Waals surface area contributed by atoms with Crippen LogP contribution < -0.4 is 4.74 Å². The quantitative estimate of drug-likeness (QED) is 0.0991. The summed E-state index contributed by atoms with van der Waals surface area (Å²) in [5.74, 6) is -1.24. The molecule has 1 saturated heterocycles. The van der Waals surface area contributed by atoms with E-state index in [1.165, 1.54) is 0 Å². The Labute approximate surface area is 334 Å². The lowest BCUT2D eigenvalue weighted by atomic mass is 9.86. The third kappa shape index (κ3) is 10.1. The molecule has 56 heavy (non-hydrogen) atoms. The van der Waals surface area contributed by atoms with Gasteiger partial charge < -0.3 is 33.5 Å². The predicted octanol–water partition coefficient (Wildman–Crippen LogP) is 9.46. The van der Waals surface area contributed by atoms with Gasteiger partial charge in [-0.05, 0) is 64.1 Å². The molecular formula is C48H47ClO7. The molecular weight excluding hydrogens is 724 g/mol.